The van der Waals surface area contributed by atoms with Crippen LogP contribution in [0.25, 0.3) is 11.4 Å². The maximum Gasteiger partial charge on any atom is 0.236 e. The molecule has 0 saturated carbocycles. The maximum absolute atomic E-state index is 12.1. The van der Waals surface area contributed by atoms with Gasteiger partial charge in [0.2, 0.25) is 11.1 Å². The van der Waals surface area contributed by atoms with Gasteiger partial charge >= 0.3 is 0 Å². The summed E-state index contributed by atoms with van der Waals surface area (Å²) in [6, 6.07) is 9.78. The van der Waals surface area contributed by atoms with E-state index >= 15 is 0 Å². The number of amides is 1. The molecule has 0 bridgehead atoms. The van der Waals surface area contributed by atoms with E-state index in [9.17, 15) is 4.79 Å². The number of fused-ring (bicyclic) bond motifs is 1. The minimum atomic E-state index is -0.0813. The van der Waals surface area contributed by atoms with Crippen LogP contribution in [0.15, 0.2) is 35.5 Å². The summed E-state index contributed by atoms with van der Waals surface area (Å²) in [5.41, 5.74) is 2.13. The number of thioether (sulfide) groups is 1. The third-order valence-electron chi connectivity index (χ3n) is 3.94. The minimum absolute atomic E-state index is 0.0813. The van der Waals surface area contributed by atoms with Crippen LogP contribution in [0.4, 0.5) is 5.13 Å². The topological polar surface area (TPSA) is 83.6 Å². The van der Waals surface area contributed by atoms with Crippen LogP contribution in [0.1, 0.15) is 23.4 Å². The van der Waals surface area contributed by atoms with Crippen LogP contribution in [0, 0.1) is 0 Å². The molecule has 128 valence electrons. The largest absolute Gasteiger partial charge is 0.301 e. The first kappa shape index (κ1) is 16.3. The molecule has 4 rings (SSSR count). The first-order chi connectivity index (χ1) is 12.3. The molecule has 1 aromatic carbocycles. The van der Waals surface area contributed by atoms with Crippen molar-refractivity contribution in [1.82, 2.24) is 20.2 Å². The normalized spacial score (nSPS) is 13.4. The van der Waals surface area contributed by atoms with Crippen LogP contribution in [0.2, 0.25) is 0 Å². The Hall–Kier alpha value is -2.19. The Morgan fingerprint density at radius 3 is 2.88 bits per heavy atom. The number of thiazole rings is 1. The first-order valence-corrected chi connectivity index (χ1v) is 9.97. The summed E-state index contributed by atoms with van der Waals surface area (Å²) >= 11 is 2.91. The fourth-order valence-electron chi connectivity index (χ4n) is 2.73. The van der Waals surface area contributed by atoms with E-state index in [2.05, 4.69) is 25.5 Å². The molecule has 3 aromatic rings. The number of rotatable bonds is 5. The lowest BCUT2D eigenvalue weighted by Crippen LogP contribution is -2.14. The number of nitrogens with zero attached hydrogens (tertiary/aromatic N) is 3. The molecule has 8 heteroatoms. The number of aryl methyl sites for hydroxylation is 2. The van der Waals surface area contributed by atoms with Crippen LogP contribution in [0.5, 0.6) is 0 Å². The molecular formula is C17H17N5OS2. The number of aromatic amines is 1. The van der Waals surface area contributed by atoms with Gasteiger partial charge in [-0.15, -0.1) is 16.4 Å². The predicted molar refractivity (Wildman–Crippen MR) is 99.9 cm³/mol. The summed E-state index contributed by atoms with van der Waals surface area (Å²) < 4.78 is 0. The third kappa shape index (κ3) is 3.91. The fourth-order valence-corrected chi connectivity index (χ4v) is 4.39. The Balaban J connectivity index is 1.33. The van der Waals surface area contributed by atoms with Gasteiger partial charge in [0.15, 0.2) is 11.0 Å². The summed E-state index contributed by atoms with van der Waals surface area (Å²) in [4.78, 5) is 22.4. The molecule has 6 nitrogen and oxygen atoms in total. The SMILES string of the molecule is O=C(CSc1n[nH]c(-c2ccccc2)n1)Nc1nc2c(s1)CCCC2. The summed E-state index contributed by atoms with van der Waals surface area (Å²) in [5, 5.41) is 11.2. The van der Waals surface area contributed by atoms with Crippen LogP contribution < -0.4 is 5.32 Å². The Morgan fingerprint density at radius 1 is 1.20 bits per heavy atom. The summed E-state index contributed by atoms with van der Waals surface area (Å²) in [6.07, 6.45) is 4.51. The molecular weight excluding hydrogens is 354 g/mol. The molecule has 2 heterocycles. The van der Waals surface area contributed by atoms with E-state index in [4.69, 9.17) is 0 Å². The highest BCUT2D eigenvalue weighted by atomic mass is 32.2. The second-order valence-electron chi connectivity index (χ2n) is 5.77. The maximum atomic E-state index is 12.1. The second-order valence-corrected chi connectivity index (χ2v) is 7.79. The average Bonchev–Trinajstić information content (AvgIpc) is 3.27. The number of aromatic nitrogens is 4. The standard InChI is InChI=1S/C17H17N5OS2/c23-14(19-16-18-12-8-4-5-9-13(12)25-16)10-24-17-20-15(21-22-17)11-6-2-1-3-7-11/h1-3,6-7H,4-5,8-10H2,(H,18,19,23)(H,20,21,22). The van der Waals surface area contributed by atoms with Crippen LogP contribution in [-0.4, -0.2) is 31.8 Å². The molecule has 0 atom stereocenters. The van der Waals surface area contributed by atoms with E-state index in [-0.39, 0.29) is 11.7 Å². The van der Waals surface area contributed by atoms with Crippen molar-refractivity contribution in [2.45, 2.75) is 30.8 Å². The lowest BCUT2D eigenvalue weighted by atomic mass is 10.0. The number of H-pyrrole nitrogens is 1. The Kier molecular flexibility index (Phi) is 4.80. The van der Waals surface area contributed by atoms with Crippen LogP contribution in [-0.2, 0) is 17.6 Å². The molecule has 0 fully saturated rings. The number of anilines is 1. The number of hydrogen-bond donors (Lipinski definition) is 2. The molecule has 0 saturated heterocycles. The van der Waals surface area contributed by atoms with Gasteiger partial charge < -0.3 is 5.32 Å². The first-order valence-electron chi connectivity index (χ1n) is 8.17. The van der Waals surface area contributed by atoms with Gasteiger partial charge in [-0.1, -0.05) is 42.1 Å². The monoisotopic (exact) mass is 371 g/mol. The summed E-state index contributed by atoms with van der Waals surface area (Å²) in [5.74, 6) is 0.884. The van der Waals surface area contributed by atoms with Gasteiger partial charge in [-0.05, 0) is 25.7 Å². The van der Waals surface area contributed by atoms with Crippen molar-refractivity contribution in [3.8, 4) is 11.4 Å². The van der Waals surface area contributed by atoms with Crippen molar-refractivity contribution >= 4 is 34.1 Å². The van der Waals surface area contributed by atoms with Gasteiger partial charge in [-0.2, -0.15) is 0 Å². The van der Waals surface area contributed by atoms with Gasteiger partial charge in [-0.25, -0.2) is 9.97 Å². The van der Waals surface area contributed by atoms with E-state index in [0.717, 1.165) is 24.1 Å². The minimum Gasteiger partial charge on any atom is -0.301 e. The van der Waals surface area contributed by atoms with Gasteiger partial charge in [0.25, 0.3) is 0 Å². The summed E-state index contributed by atoms with van der Waals surface area (Å²) in [7, 11) is 0. The third-order valence-corrected chi connectivity index (χ3v) is 5.86. The predicted octanol–water partition coefficient (Wildman–Crippen LogP) is 3.54. The number of nitrogens with one attached hydrogen (secondary N) is 2. The molecule has 0 unspecified atom stereocenters. The number of carbonyl (C=O) groups is 1. The smallest absolute Gasteiger partial charge is 0.236 e. The average molecular weight is 371 g/mol. The summed E-state index contributed by atoms with van der Waals surface area (Å²) in [6.45, 7) is 0. The molecule has 1 aliphatic rings. The van der Waals surface area contributed by atoms with E-state index < -0.39 is 0 Å². The number of carbonyl (C=O) groups excluding carboxylic acids is 1. The zero-order valence-corrected chi connectivity index (χ0v) is 15.1. The fraction of sp³-hybridized carbons (Fsp3) is 0.294. The van der Waals surface area contributed by atoms with Crippen LogP contribution >= 0.6 is 23.1 Å². The molecule has 2 N–H and O–H groups in total. The molecule has 25 heavy (non-hydrogen) atoms. The highest BCUT2D eigenvalue weighted by molar-refractivity contribution is 7.99. The molecule has 1 amide bonds. The van der Waals surface area contributed by atoms with Crippen molar-refractivity contribution in [2.75, 3.05) is 11.1 Å². The van der Waals surface area contributed by atoms with E-state index in [1.807, 2.05) is 30.3 Å². The zero-order chi connectivity index (χ0) is 17.1. The number of hydrogen-bond acceptors (Lipinski definition) is 6. The lowest BCUT2D eigenvalue weighted by Gasteiger charge is -2.06. The van der Waals surface area contributed by atoms with Crippen molar-refractivity contribution in [3.63, 3.8) is 0 Å². The van der Waals surface area contributed by atoms with Crippen molar-refractivity contribution in [2.24, 2.45) is 0 Å². The van der Waals surface area contributed by atoms with E-state index in [0.29, 0.717) is 16.1 Å². The van der Waals surface area contributed by atoms with Crippen molar-refractivity contribution in [3.05, 3.63) is 40.9 Å². The molecule has 0 radical (unpaired) electrons. The van der Waals surface area contributed by atoms with Gasteiger partial charge in [0.05, 0.1) is 11.4 Å². The van der Waals surface area contributed by atoms with Crippen LogP contribution in [0.3, 0.4) is 0 Å². The van der Waals surface area contributed by atoms with Crippen molar-refractivity contribution in [1.29, 1.82) is 0 Å². The number of benzene rings is 1. The van der Waals surface area contributed by atoms with Gasteiger partial charge in [0, 0.05) is 10.4 Å². The molecule has 0 aliphatic heterocycles. The Bertz CT molecular complexity index is 851. The van der Waals surface area contributed by atoms with Crippen molar-refractivity contribution < 1.29 is 4.79 Å². The molecule has 1 aliphatic carbocycles. The quantitative estimate of drug-likeness (QED) is 0.670. The van der Waals surface area contributed by atoms with Gasteiger partial charge in [-0.3, -0.25) is 9.89 Å². The highest BCUT2D eigenvalue weighted by Gasteiger charge is 2.16. The second kappa shape index (κ2) is 7.37. The lowest BCUT2D eigenvalue weighted by molar-refractivity contribution is -0.113. The Labute approximate surface area is 153 Å². The Morgan fingerprint density at radius 2 is 2.04 bits per heavy atom. The van der Waals surface area contributed by atoms with Gasteiger partial charge in [0.1, 0.15) is 0 Å². The molecule has 2 aromatic heterocycles. The van der Waals surface area contributed by atoms with E-state index in [1.54, 1.807) is 11.3 Å². The zero-order valence-electron chi connectivity index (χ0n) is 13.5. The van der Waals surface area contributed by atoms with E-state index in [1.165, 1.54) is 29.5 Å². The molecule has 0 spiro atoms. The highest BCUT2D eigenvalue weighted by Crippen LogP contribution is 2.29.